The van der Waals surface area contributed by atoms with Crippen molar-refractivity contribution in [3.63, 3.8) is 0 Å². The lowest BCUT2D eigenvalue weighted by atomic mass is 9.95. The van der Waals surface area contributed by atoms with E-state index in [1.165, 1.54) is 27.4 Å². The van der Waals surface area contributed by atoms with E-state index in [1.54, 1.807) is 6.07 Å². The van der Waals surface area contributed by atoms with Gasteiger partial charge in [-0.05, 0) is 19.3 Å². The number of rotatable bonds is 5. The summed E-state index contributed by atoms with van der Waals surface area (Å²) in [5, 5.41) is 9.92. The number of aliphatic hydroxyl groups excluding tert-OH is 1. The molecule has 0 radical (unpaired) electrons. The number of carbonyl (C=O) groups excluding carboxylic acids is 1. The largest absolute Gasteiger partial charge is 0.496 e. The minimum Gasteiger partial charge on any atom is -0.496 e. The van der Waals surface area contributed by atoms with Crippen molar-refractivity contribution in [2.45, 2.75) is 37.9 Å². The molecule has 122 valence electrons. The lowest BCUT2D eigenvalue weighted by molar-refractivity contribution is -0.0362. The van der Waals surface area contributed by atoms with Crippen molar-refractivity contribution >= 4 is 5.97 Å². The summed E-state index contributed by atoms with van der Waals surface area (Å²) in [6.07, 6.45) is 2.14. The van der Waals surface area contributed by atoms with Crippen LogP contribution in [0, 0.1) is 0 Å². The first-order chi connectivity index (χ1) is 10.6. The van der Waals surface area contributed by atoms with Gasteiger partial charge in [-0.15, -0.1) is 0 Å². The van der Waals surface area contributed by atoms with E-state index in [1.807, 2.05) is 0 Å². The highest BCUT2D eigenvalue weighted by atomic mass is 16.6. The lowest BCUT2D eigenvalue weighted by Gasteiger charge is -2.27. The first kappa shape index (κ1) is 16.4. The molecule has 0 saturated heterocycles. The number of esters is 1. The molecule has 1 aromatic rings. The van der Waals surface area contributed by atoms with Crippen LogP contribution in [0.2, 0.25) is 0 Å². The number of hydrogen-bond donors (Lipinski definition) is 1. The molecule has 0 spiro atoms. The second-order valence-corrected chi connectivity index (χ2v) is 5.20. The summed E-state index contributed by atoms with van der Waals surface area (Å²) in [6, 6.07) is 3.10. The number of aliphatic hydroxyl groups is 1. The molecule has 1 saturated carbocycles. The summed E-state index contributed by atoms with van der Waals surface area (Å²) in [5.41, 5.74) is 0.248. The summed E-state index contributed by atoms with van der Waals surface area (Å²) >= 11 is 0. The maximum Gasteiger partial charge on any atom is 0.342 e. The SMILES string of the molecule is COc1cc(OC)c(C(=O)O[C@H]2CCCC[C@@H]2O)cc1OC. The third kappa shape index (κ3) is 3.44. The van der Waals surface area contributed by atoms with Gasteiger partial charge < -0.3 is 24.1 Å². The third-order valence-electron chi connectivity index (χ3n) is 3.85. The molecule has 0 aromatic heterocycles. The molecule has 6 nitrogen and oxygen atoms in total. The smallest absolute Gasteiger partial charge is 0.342 e. The van der Waals surface area contributed by atoms with Gasteiger partial charge >= 0.3 is 5.97 Å². The van der Waals surface area contributed by atoms with Crippen molar-refractivity contribution < 1.29 is 28.8 Å². The molecule has 22 heavy (non-hydrogen) atoms. The van der Waals surface area contributed by atoms with Gasteiger partial charge in [0.15, 0.2) is 11.5 Å². The van der Waals surface area contributed by atoms with Crippen LogP contribution < -0.4 is 14.2 Å². The first-order valence-electron chi connectivity index (χ1n) is 7.29. The molecule has 0 heterocycles. The lowest BCUT2D eigenvalue weighted by Crippen LogP contribution is -2.34. The quantitative estimate of drug-likeness (QED) is 0.840. The second-order valence-electron chi connectivity index (χ2n) is 5.20. The Balaban J connectivity index is 2.24. The zero-order valence-electron chi connectivity index (χ0n) is 13.1. The van der Waals surface area contributed by atoms with Crippen molar-refractivity contribution in [1.29, 1.82) is 0 Å². The molecule has 1 aliphatic carbocycles. The van der Waals surface area contributed by atoms with Crippen molar-refractivity contribution in [2.75, 3.05) is 21.3 Å². The Morgan fingerprint density at radius 2 is 1.59 bits per heavy atom. The van der Waals surface area contributed by atoms with Crippen LogP contribution in [0.5, 0.6) is 17.2 Å². The fourth-order valence-electron chi connectivity index (χ4n) is 2.60. The van der Waals surface area contributed by atoms with E-state index in [2.05, 4.69) is 0 Å². The fraction of sp³-hybridized carbons (Fsp3) is 0.562. The summed E-state index contributed by atoms with van der Waals surface area (Å²) in [7, 11) is 4.46. The van der Waals surface area contributed by atoms with E-state index < -0.39 is 18.2 Å². The molecule has 1 fully saturated rings. The average Bonchev–Trinajstić information content (AvgIpc) is 2.55. The van der Waals surface area contributed by atoms with E-state index >= 15 is 0 Å². The number of methoxy groups -OCH3 is 3. The Kier molecular flexibility index (Phi) is 5.49. The molecule has 1 N–H and O–H groups in total. The van der Waals surface area contributed by atoms with Gasteiger partial charge in [0.05, 0.1) is 27.4 Å². The Morgan fingerprint density at radius 3 is 2.18 bits per heavy atom. The average molecular weight is 310 g/mol. The van der Waals surface area contributed by atoms with Crippen LogP contribution in [-0.4, -0.2) is 44.6 Å². The van der Waals surface area contributed by atoms with E-state index in [0.717, 1.165) is 12.8 Å². The second kappa shape index (κ2) is 7.35. The molecule has 0 amide bonds. The number of hydrogen-bond acceptors (Lipinski definition) is 6. The predicted molar refractivity (Wildman–Crippen MR) is 79.8 cm³/mol. The van der Waals surface area contributed by atoms with Gasteiger partial charge in [0.1, 0.15) is 17.4 Å². The topological polar surface area (TPSA) is 74.2 Å². The highest BCUT2D eigenvalue weighted by molar-refractivity contribution is 5.93. The Hall–Kier alpha value is -1.95. The number of benzene rings is 1. The molecule has 2 rings (SSSR count). The van der Waals surface area contributed by atoms with Crippen LogP contribution in [0.15, 0.2) is 12.1 Å². The van der Waals surface area contributed by atoms with Crippen LogP contribution in [0.25, 0.3) is 0 Å². The van der Waals surface area contributed by atoms with Gasteiger partial charge in [-0.3, -0.25) is 0 Å². The van der Waals surface area contributed by atoms with E-state index in [4.69, 9.17) is 18.9 Å². The summed E-state index contributed by atoms with van der Waals surface area (Å²) in [5.74, 6) is 0.685. The first-order valence-corrected chi connectivity index (χ1v) is 7.29. The van der Waals surface area contributed by atoms with Crippen molar-refractivity contribution in [3.8, 4) is 17.2 Å². The highest BCUT2D eigenvalue weighted by Gasteiger charge is 2.28. The monoisotopic (exact) mass is 310 g/mol. The van der Waals surface area contributed by atoms with Gasteiger partial charge in [0.2, 0.25) is 0 Å². The Morgan fingerprint density at radius 1 is 1.00 bits per heavy atom. The molecular weight excluding hydrogens is 288 g/mol. The molecule has 0 bridgehead atoms. The maximum atomic E-state index is 12.4. The Bertz CT molecular complexity index is 528. The standard InChI is InChI=1S/C16H22O6/c1-19-13-9-15(21-3)14(20-2)8-10(13)16(18)22-12-7-5-4-6-11(12)17/h8-9,11-12,17H,4-7H2,1-3H3/t11-,12-/m0/s1. The van der Waals surface area contributed by atoms with Crippen LogP contribution >= 0.6 is 0 Å². The van der Waals surface area contributed by atoms with E-state index in [-0.39, 0.29) is 5.56 Å². The number of carbonyl (C=O) groups is 1. The molecule has 1 aliphatic rings. The van der Waals surface area contributed by atoms with Gasteiger partial charge in [0.25, 0.3) is 0 Å². The molecule has 6 heteroatoms. The van der Waals surface area contributed by atoms with Crippen LogP contribution in [0.1, 0.15) is 36.0 Å². The Labute approximate surface area is 129 Å². The third-order valence-corrected chi connectivity index (χ3v) is 3.85. The van der Waals surface area contributed by atoms with Crippen molar-refractivity contribution in [2.24, 2.45) is 0 Å². The minimum absolute atomic E-state index is 0.248. The molecule has 0 aliphatic heterocycles. The summed E-state index contributed by atoms with van der Waals surface area (Å²) in [6.45, 7) is 0. The highest BCUT2D eigenvalue weighted by Crippen LogP contribution is 2.35. The predicted octanol–water partition coefficient (Wildman–Crippen LogP) is 2.17. The summed E-state index contributed by atoms with van der Waals surface area (Å²) < 4.78 is 21.0. The van der Waals surface area contributed by atoms with Crippen molar-refractivity contribution in [1.82, 2.24) is 0 Å². The normalized spacial score (nSPS) is 21.1. The van der Waals surface area contributed by atoms with Gasteiger partial charge in [-0.25, -0.2) is 4.79 Å². The van der Waals surface area contributed by atoms with Crippen LogP contribution in [0.3, 0.4) is 0 Å². The zero-order valence-corrected chi connectivity index (χ0v) is 13.1. The van der Waals surface area contributed by atoms with E-state index in [9.17, 15) is 9.90 Å². The zero-order chi connectivity index (χ0) is 16.1. The fourth-order valence-corrected chi connectivity index (χ4v) is 2.60. The van der Waals surface area contributed by atoms with Crippen LogP contribution in [-0.2, 0) is 4.74 Å². The van der Waals surface area contributed by atoms with Gasteiger partial charge in [-0.1, -0.05) is 6.42 Å². The molecule has 2 atom stereocenters. The number of ether oxygens (including phenoxy) is 4. The van der Waals surface area contributed by atoms with Gasteiger partial charge in [-0.2, -0.15) is 0 Å². The molecular formula is C16H22O6. The van der Waals surface area contributed by atoms with E-state index in [0.29, 0.717) is 30.1 Å². The van der Waals surface area contributed by atoms with Crippen LogP contribution in [0.4, 0.5) is 0 Å². The van der Waals surface area contributed by atoms with Gasteiger partial charge in [0, 0.05) is 12.1 Å². The maximum absolute atomic E-state index is 12.4. The minimum atomic E-state index is -0.608. The van der Waals surface area contributed by atoms with Crippen molar-refractivity contribution in [3.05, 3.63) is 17.7 Å². The molecule has 1 aromatic carbocycles. The summed E-state index contributed by atoms with van der Waals surface area (Å²) in [4.78, 5) is 12.4. The molecule has 0 unspecified atom stereocenters.